The minimum absolute atomic E-state index is 0.219. The van der Waals surface area contributed by atoms with Crippen LogP contribution in [0.2, 0.25) is 0 Å². The highest BCUT2D eigenvalue weighted by Crippen LogP contribution is 2.45. The largest absolute Gasteiger partial charge is 0.432 e. The summed E-state index contributed by atoms with van der Waals surface area (Å²) in [6, 6.07) is 19.1. The topological polar surface area (TPSA) is 91.2 Å². The van der Waals surface area contributed by atoms with E-state index in [2.05, 4.69) is 10.2 Å². The van der Waals surface area contributed by atoms with Crippen LogP contribution in [0.5, 0.6) is 0 Å². The molecule has 0 saturated carbocycles. The Hall–Kier alpha value is -3.15. The predicted octanol–water partition coefficient (Wildman–Crippen LogP) is 4.32. The zero-order valence-corrected chi connectivity index (χ0v) is 15.7. The molecule has 1 amide bonds. The van der Waals surface area contributed by atoms with E-state index in [4.69, 9.17) is 14.9 Å². The lowest BCUT2D eigenvalue weighted by Crippen LogP contribution is -2.47. The van der Waals surface area contributed by atoms with Crippen LogP contribution >= 0.6 is 0 Å². The standard InChI is InChI=1S/C21H23N3O3/c1-20(2,3)21(27-19(22)25,14-15-10-6-4-7-11-15)18-24-23-17(26-18)16-12-8-5-9-13-16/h4-13H,14H2,1-3H3,(H2,22,25)/t21-/m0/s1. The van der Waals surface area contributed by atoms with Crippen molar-refractivity contribution < 1.29 is 13.9 Å². The van der Waals surface area contributed by atoms with Crippen molar-refractivity contribution in [2.45, 2.75) is 32.8 Å². The molecule has 3 aromatic rings. The molecule has 0 radical (unpaired) electrons. The van der Waals surface area contributed by atoms with Crippen LogP contribution < -0.4 is 5.73 Å². The summed E-state index contributed by atoms with van der Waals surface area (Å²) in [7, 11) is 0. The average Bonchev–Trinajstić information content (AvgIpc) is 3.12. The number of carbonyl (C=O) groups excluding carboxylic acids is 1. The highest BCUT2D eigenvalue weighted by Gasteiger charge is 2.51. The van der Waals surface area contributed by atoms with Crippen molar-refractivity contribution in [3.05, 3.63) is 72.1 Å². The third-order valence-corrected chi connectivity index (χ3v) is 4.57. The molecule has 0 saturated heterocycles. The third-order valence-electron chi connectivity index (χ3n) is 4.57. The van der Waals surface area contributed by atoms with E-state index in [0.29, 0.717) is 12.3 Å². The van der Waals surface area contributed by atoms with Crippen molar-refractivity contribution in [3.63, 3.8) is 0 Å². The van der Waals surface area contributed by atoms with Gasteiger partial charge in [-0.25, -0.2) is 4.79 Å². The summed E-state index contributed by atoms with van der Waals surface area (Å²) in [6.45, 7) is 5.85. The summed E-state index contributed by atoms with van der Waals surface area (Å²) in [6.07, 6.45) is -0.531. The van der Waals surface area contributed by atoms with Gasteiger partial charge in [0.2, 0.25) is 5.89 Å². The van der Waals surface area contributed by atoms with Crippen molar-refractivity contribution in [3.8, 4) is 11.5 Å². The molecule has 1 heterocycles. The number of nitrogens with zero attached hydrogens (tertiary/aromatic N) is 2. The number of nitrogens with two attached hydrogens (primary N) is 1. The summed E-state index contributed by atoms with van der Waals surface area (Å²) in [5.74, 6) is 0.580. The zero-order chi connectivity index (χ0) is 19.5. The van der Waals surface area contributed by atoms with E-state index in [1.807, 2.05) is 81.4 Å². The second-order valence-corrected chi connectivity index (χ2v) is 7.44. The molecule has 140 valence electrons. The minimum Gasteiger partial charge on any atom is -0.432 e. The molecule has 0 aliphatic carbocycles. The first-order valence-electron chi connectivity index (χ1n) is 8.73. The average molecular weight is 365 g/mol. The van der Waals surface area contributed by atoms with Crippen LogP contribution in [0.4, 0.5) is 4.79 Å². The zero-order valence-electron chi connectivity index (χ0n) is 15.7. The summed E-state index contributed by atoms with van der Waals surface area (Å²) < 4.78 is 11.7. The van der Waals surface area contributed by atoms with Crippen molar-refractivity contribution >= 4 is 6.09 Å². The minimum atomic E-state index is -1.21. The number of aromatic nitrogens is 2. The fourth-order valence-corrected chi connectivity index (χ4v) is 3.03. The molecular weight excluding hydrogens is 342 g/mol. The Balaban J connectivity index is 2.11. The van der Waals surface area contributed by atoms with Gasteiger partial charge in [-0.05, 0) is 17.7 Å². The van der Waals surface area contributed by atoms with E-state index >= 15 is 0 Å². The number of ether oxygens (including phenoxy) is 1. The second-order valence-electron chi connectivity index (χ2n) is 7.44. The number of hydrogen-bond acceptors (Lipinski definition) is 5. The van der Waals surface area contributed by atoms with Crippen LogP contribution in [-0.2, 0) is 16.8 Å². The molecule has 2 aromatic carbocycles. The molecule has 0 aliphatic rings. The molecule has 1 atom stereocenters. The Morgan fingerprint density at radius 1 is 1.00 bits per heavy atom. The Labute approximate surface area is 158 Å². The molecule has 0 aliphatic heterocycles. The van der Waals surface area contributed by atoms with E-state index < -0.39 is 17.1 Å². The van der Waals surface area contributed by atoms with E-state index in [1.54, 1.807) is 0 Å². The van der Waals surface area contributed by atoms with Gasteiger partial charge in [-0.15, -0.1) is 10.2 Å². The molecule has 0 spiro atoms. The first-order valence-corrected chi connectivity index (χ1v) is 8.73. The highest BCUT2D eigenvalue weighted by molar-refractivity contribution is 5.65. The molecule has 3 rings (SSSR count). The molecule has 27 heavy (non-hydrogen) atoms. The Morgan fingerprint density at radius 3 is 2.15 bits per heavy atom. The number of amides is 1. The SMILES string of the molecule is CC(C)(C)[C@@](Cc1ccccc1)(OC(N)=O)c1nnc(-c2ccccc2)o1. The number of primary amides is 1. The lowest BCUT2D eigenvalue weighted by atomic mass is 9.72. The Morgan fingerprint density at radius 2 is 1.59 bits per heavy atom. The van der Waals surface area contributed by atoms with Crippen LogP contribution in [0, 0.1) is 5.41 Å². The monoisotopic (exact) mass is 365 g/mol. The van der Waals surface area contributed by atoms with E-state index in [9.17, 15) is 4.79 Å². The van der Waals surface area contributed by atoms with Gasteiger partial charge >= 0.3 is 6.09 Å². The number of rotatable bonds is 5. The smallest absolute Gasteiger partial charge is 0.405 e. The van der Waals surface area contributed by atoms with E-state index in [0.717, 1.165) is 11.1 Å². The van der Waals surface area contributed by atoms with Gasteiger partial charge in [0.05, 0.1) is 0 Å². The second kappa shape index (κ2) is 7.23. The normalized spacial score (nSPS) is 13.7. The van der Waals surface area contributed by atoms with Crippen molar-refractivity contribution in [2.24, 2.45) is 11.1 Å². The van der Waals surface area contributed by atoms with Gasteiger partial charge in [-0.3, -0.25) is 0 Å². The summed E-state index contributed by atoms with van der Waals surface area (Å²) in [5, 5.41) is 8.40. The Bertz CT molecular complexity index is 901. The first kappa shape index (κ1) is 18.6. The highest BCUT2D eigenvalue weighted by atomic mass is 16.6. The molecule has 1 aromatic heterocycles. The predicted molar refractivity (Wildman–Crippen MR) is 102 cm³/mol. The van der Waals surface area contributed by atoms with Gasteiger partial charge < -0.3 is 14.9 Å². The van der Waals surface area contributed by atoms with Crippen LogP contribution in [0.1, 0.15) is 32.2 Å². The van der Waals surface area contributed by atoms with Crippen LogP contribution in [-0.4, -0.2) is 16.3 Å². The van der Waals surface area contributed by atoms with Crippen molar-refractivity contribution in [2.75, 3.05) is 0 Å². The lowest BCUT2D eigenvalue weighted by molar-refractivity contribution is -0.0890. The van der Waals surface area contributed by atoms with Crippen LogP contribution in [0.15, 0.2) is 65.1 Å². The molecule has 6 heteroatoms. The molecule has 2 N–H and O–H groups in total. The summed E-state index contributed by atoms with van der Waals surface area (Å²) in [4.78, 5) is 11.8. The van der Waals surface area contributed by atoms with Gasteiger partial charge in [0.25, 0.3) is 5.89 Å². The number of hydrogen-bond donors (Lipinski definition) is 1. The summed E-state index contributed by atoms with van der Waals surface area (Å²) in [5.41, 5.74) is 5.42. The molecule has 0 fully saturated rings. The van der Waals surface area contributed by atoms with Crippen molar-refractivity contribution in [1.82, 2.24) is 10.2 Å². The number of carbonyl (C=O) groups is 1. The van der Waals surface area contributed by atoms with E-state index in [-0.39, 0.29) is 5.89 Å². The molecule has 6 nitrogen and oxygen atoms in total. The third kappa shape index (κ3) is 3.84. The molecular formula is C21H23N3O3. The van der Waals surface area contributed by atoms with Crippen LogP contribution in [0.25, 0.3) is 11.5 Å². The fraction of sp³-hybridized carbons (Fsp3) is 0.286. The van der Waals surface area contributed by atoms with Gasteiger partial charge in [0, 0.05) is 17.4 Å². The number of benzene rings is 2. The van der Waals surface area contributed by atoms with Gasteiger partial charge in [-0.1, -0.05) is 69.3 Å². The summed E-state index contributed by atoms with van der Waals surface area (Å²) >= 11 is 0. The fourth-order valence-electron chi connectivity index (χ4n) is 3.03. The Kier molecular flexibility index (Phi) is 4.99. The van der Waals surface area contributed by atoms with Gasteiger partial charge in [0.1, 0.15) is 0 Å². The maximum absolute atomic E-state index is 11.8. The first-order chi connectivity index (χ1) is 12.8. The van der Waals surface area contributed by atoms with Gasteiger partial charge in [-0.2, -0.15) is 0 Å². The molecule has 0 bridgehead atoms. The van der Waals surface area contributed by atoms with Gasteiger partial charge in [0.15, 0.2) is 5.60 Å². The maximum Gasteiger partial charge on any atom is 0.405 e. The lowest BCUT2D eigenvalue weighted by Gasteiger charge is -2.40. The van der Waals surface area contributed by atoms with Crippen LogP contribution in [0.3, 0.4) is 0 Å². The van der Waals surface area contributed by atoms with Crippen molar-refractivity contribution in [1.29, 1.82) is 0 Å². The quantitative estimate of drug-likeness (QED) is 0.727. The van der Waals surface area contributed by atoms with E-state index in [1.165, 1.54) is 0 Å². The molecule has 0 unspecified atom stereocenters. The maximum atomic E-state index is 11.8.